The molecule has 0 spiro atoms. The first-order chi connectivity index (χ1) is 12.2. The maximum absolute atomic E-state index is 11.1. The molecule has 4 nitrogen and oxygen atoms in total. The van der Waals surface area contributed by atoms with E-state index >= 15 is 0 Å². The minimum Gasteiger partial charge on any atom is -0.310 e. The van der Waals surface area contributed by atoms with Crippen LogP contribution in [0.5, 0.6) is 0 Å². The Morgan fingerprint density at radius 2 is 2.04 bits per heavy atom. The molecule has 1 unspecified atom stereocenters. The summed E-state index contributed by atoms with van der Waals surface area (Å²) < 4.78 is 0. The van der Waals surface area contributed by atoms with Crippen LogP contribution in [0.15, 0.2) is 48.5 Å². The van der Waals surface area contributed by atoms with Crippen LogP contribution < -0.4 is 10.8 Å². The molecule has 1 amide bonds. The highest BCUT2D eigenvalue weighted by atomic mass is 16.5. The van der Waals surface area contributed by atoms with Gasteiger partial charge in [0.05, 0.1) is 0 Å². The molecule has 0 aromatic heterocycles. The smallest absolute Gasteiger partial charge is 0.267 e. The van der Waals surface area contributed by atoms with Gasteiger partial charge < -0.3 is 5.32 Å². The highest BCUT2D eigenvalue weighted by molar-refractivity contribution is 5.90. The molecule has 0 heterocycles. The molecule has 25 heavy (non-hydrogen) atoms. The summed E-state index contributed by atoms with van der Waals surface area (Å²) in [7, 11) is 0. The second-order valence-electron chi connectivity index (χ2n) is 6.55. The fraction of sp³-hybridized carbons (Fsp3) is 0.286. The van der Waals surface area contributed by atoms with Gasteiger partial charge >= 0.3 is 0 Å². The molecule has 0 saturated carbocycles. The van der Waals surface area contributed by atoms with E-state index in [-0.39, 0.29) is 0 Å². The highest BCUT2D eigenvalue weighted by Gasteiger charge is 2.21. The molecule has 4 heteroatoms. The molecule has 130 valence electrons. The van der Waals surface area contributed by atoms with Crippen molar-refractivity contribution in [3.8, 4) is 0 Å². The van der Waals surface area contributed by atoms with Crippen molar-refractivity contribution >= 4 is 12.0 Å². The zero-order valence-corrected chi connectivity index (χ0v) is 14.5. The first-order valence-corrected chi connectivity index (χ1v) is 8.69. The molecule has 0 saturated heterocycles. The van der Waals surface area contributed by atoms with Crippen LogP contribution in [0.25, 0.3) is 6.08 Å². The Balaban J connectivity index is 1.57. The van der Waals surface area contributed by atoms with Gasteiger partial charge in [-0.1, -0.05) is 48.0 Å². The average molecular weight is 336 g/mol. The van der Waals surface area contributed by atoms with Gasteiger partial charge in [-0.2, -0.15) is 0 Å². The third kappa shape index (κ3) is 4.56. The van der Waals surface area contributed by atoms with Crippen LogP contribution in [-0.4, -0.2) is 17.7 Å². The van der Waals surface area contributed by atoms with Crippen molar-refractivity contribution < 1.29 is 10.0 Å². The second kappa shape index (κ2) is 8.10. The zero-order chi connectivity index (χ0) is 17.6. The molecule has 3 N–H and O–H groups in total. The first kappa shape index (κ1) is 17.4. The summed E-state index contributed by atoms with van der Waals surface area (Å²) in [5, 5.41) is 12.2. The van der Waals surface area contributed by atoms with Gasteiger partial charge in [0, 0.05) is 12.1 Å². The van der Waals surface area contributed by atoms with Crippen molar-refractivity contribution in [1.82, 2.24) is 10.8 Å². The fourth-order valence-corrected chi connectivity index (χ4v) is 3.31. The summed E-state index contributed by atoms with van der Waals surface area (Å²) in [5.41, 5.74) is 7.91. The minimum atomic E-state index is -0.517. The van der Waals surface area contributed by atoms with Crippen molar-refractivity contribution in [3.05, 3.63) is 76.4 Å². The monoisotopic (exact) mass is 336 g/mol. The Morgan fingerprint density at radius 1 is 1.24 bits per heavy atom. The Hall–Kier alpha value is -2.43. The minimum absolute atomic E-state index is 0.402. The topological polar surface area (TPSA) is 61.4 Å². The predicted octanol–water partition coefficient (Wildman–Crippen LogP) is 3.33. The summed E-state index contributed by atoms with van der Waals surface area (Å²) in [4.78, 5) is 11.1. The highest BCUT2D eigenvalue weighted by Crippen LogP contribution is 2.32. The molecule has 1 aliphatic carbocycles. The molecular formula is C21H24N2O2. The summed E-state index contributed by atoms with van der Waals surface area (Å²) in [6, 6.07) is 15.4. The lowest BCUT2D eigenvalue weighted by atomic mass is 10.0. The van der Waals surface area contributed by atoms with E-state index in [2.05, 4.69) is 48.6 Å². The van der Waals surface area contributed by atoms with Crippen LogP contribution in [0.3, 0.4) is 0 Å². The molecule has 0 aliphatic heterocycles. The van der Waals surface area contributed by atoms with Gasteiger partial charge in [0.1, 0.15) is 0 Å². The fourth-order valence-electron chi connectivity index (χ4n) is 3.31. The van der Waals surface area contributed by atoms with E-state index in [1.165, 1.54) is 28.3 Å². The van der Waals surface area contributed by atoms with Crippen LogP contribution >= 0.6 is 0 Å². The summed E-state index contributed by atoms with van der Waals surface area (Å²) >= 11 is 0. The lowest BCUT2D eigenvalue weighted by Crippen LogP contribution is -2.21. The Bertz CT molecular complexity index is 766. The molecule has 0 fully saturated rings. The lowest BCUT2D eigenvalue weighted by Gasteiger charge is -2.14. The van der Waals surface area contributed by atoms with E-state index in [4.69, 9.17) is 5.21 Å². The van der Waals surface area contributed by atoms with Crippen LogP contribution in [0.2, 0.25) is 0 Å². The van der Waals surface area contributed by atoms with Gasteiger partial charge in [-0.15, -0.1) is 0 Å². The lowest BCUT2D eigenvalue weighted by molar-refractivity contribution is -0.124. The van der Waals surface area contributed by atoms with Gasteiger partial charge in [0.25, 0.3) is 5.91 Å². The van der Waals surface area contributed by atoms with E-state index in [0.717, 1.165) is 31.4 Å². The standard InChI is InChI=1S/C21H24N2O2/c1-15-2-4-16(5-3-15)12-13-22-20-10-8-18-14-17(6-9-19(18)20)7-11-21(24)23-25/h2-7,9,11,14,20,22,25H,8,10,12-13H2,1H3,(H,23,24). The molecule has 0 radical (unpaired) electrons. The van der Waals surface area contributed by atoms with Crippen molar-refractivity contribution in [2.24, 2.45) is 0 Å². The molecule has 0 bridgehead atoms. The Labute approximate surface area is 148 Å². The van der Waals surface area contributed by atoms with Crippen molar-refractivity contribution in [3.63, 3.8) is 0 Å². The number of hydrogen-bond acceptors (Lipinski definition) is 3. The Kier molecular flexibility index (Phi) is 5.64. The van der Waals surface area contributed by atoms with E-state index in [9.17, 15) is 4.79 Å². The summed E-state index contributed by atoms with van der Waals surface area (Å²) in [6.07, 6.45) is 6.22. The second-order valence-corrected chi connectivity index (χ2v) is 6.55. The van der Waals surface area contributed by atoms with Gasteiger partial charge in [-0.3, -0.25) is 10.0 Å². The maximum Gasteiger partial charge on any atom is 0.267 e. The summed E-state index contributed by atoms with van der Waals surface area (Å²) in [5.74, 6) is -0.517. The molecular weight excluding hydrogens is 312 g/mol. The van der Waals surface area contributed by atoms with Gasteiger partial charge in [-0.05, 0) is 61.1 Å². The van der Waals surface area contributed by atoms with E-state index in [0.29, 0.717) is 6.04 Å². The van der Waals surface area contributed by atoms with Crippen LogP contribution in [0, 0.1) is 6.92 Å². The molecule has 2 aromatic carbocycles. The van der Waals surface area contributed by atoms with Crippen molar-refractivity contribution in [2.75, 3.05) is 6.54 Å². The quantitative estimate of drug-likeness (QED) is 0.431. The zero-order valence-electron chi connectivity index (χ0n) is 14.5. The third-order valence-corrected chi connectivity index (χ3v) is 4.71. The van der Waals surface area contributed by atoms with Crippen LogP contribution in [-0.2, 0) is 17.6 Å². The van der Waals surface area contributed by atoms with Gasteiger partial charge in [0.15, 0.2) is 0 Å². The van der Waals surface area contributed by atoms with E-state index < -0.39 is 5.91 Å². The maximum atomic E-state index is 11.1. The number of rotatable bonds is 6. The number of benzene rings is 2. The van der Waals surface area contributed by atoms with Crippen molar-refractivity contribution in [1.29, 1.82) is 0 Å². The Morgan fingerprint density at radius 3 is 2.80 bits per heavy atom. The largest absolute Gasteiger partial charge is 0.310 e. The first-order valence-electron chi connectivity index (χ1n) is 8.69. The van der Waals surface area contributed by atoms with Gasteiger partial charge in [-0.25, -0.2) is 5.48 Å². The number of fused-ring (bicyclic) bond motifs is 1. The van der Waals surface area contributed by atoms with Crippen LogP contribution in [0.4, 0.5) is 0 Å². The van der Waals surface area contributed by atoms with E-state index in [1.807, 2.05) is 6.07 Å². The predicted molar refractivity (Wildman–Crippen MR) is 99.4 cm³/mol. The third-order valence-electron chi connectivity index (χ3n) is 4.71. The number of hydroxylamine groups is 1. The molecule has 2 aromatic rings. The number of carbonyl (C=O) groups is 1. The van der Waals surface area contributed by atoms with Crippen molar-refractivity contribution in [2.45, 2.75) is 32.2 Å². The average Bonchev–Trinajstić information content (AvgIpc) is 3.03. The molecule has 3 rings (SSSR count). The number of amides is 1. The van der Waals surface area contributed by atoms with E-state index in [1.54, 1.807) is 11.6 Å². The summed E-state index contributed by atoms with van der Waals surface area (Å²) in [6.45, 7) is 3.07. The number of hydrogen-bond donors (Lipinski definition) is 3. The molecule has 1 aliphatic rings. The number of carbonyl (C=O) groups excluding carboxylic acids is 1. The normalized spacial score (nSPS) is 16.2. The van der Waals surface area contributed by atoms with Crippen LogP contribution in [0.1, 0.15) is 40.3 Å². The number of aryl methyl sites for hydroxylation is 2. The van der Waals surface area contributed by atoms with Gasteiger partial charge in [0.2, 0.25) is 0 Å². The SMILES string of the molecule is Cc1ccc(CCNC2CCc3cc(C=CC(=O)NO)ccc32)cc1. The molecule has 1 atom stereocenters. The number of nitrogens with one attached hydrogen (secondary N) is 2.